The maximum Gasteiger partial charge on any atom is 0.416 e. The molecule has 0 spiro atoms. The number of alkyl halides is 3. The van der Waals surface area contributed by atoms with E-state index in [0.29, 0.717) is 5.75 Å². The minimum atomic E-state index is -4.44. The minimum absolute atomic E-state index is 0.00558. The van der Waals surface area contributed by atoms with Crippen molar-refractivity contribution >= 4 is 5.69 Å². The third kappa shape index (κ3) is 3.76. The number of anilines is 1. The monoisotopic (exact) mass is 385 g/mol. The second-order valence-corrected chi connectivity index (χ2v) is 6.68. The summed E-state index contributed by atoms with van der Waals surface area (Å²) in [5.74, 6) is 1.48. The lowest BCUT2D eigenvalue weighted by atomic mass is 9.97. The first-order chi connectivity index (χ1) is 13.4. The average molecular weight is 385 g/mol. The number of aryl methyl sites for hydroxylation is 1. The van der Waals surface area contributed by atoms with Gasteiger partial charge in [-0.25, -0.2) is 0 Å². The highest BCUT2D eigenvalue weighted by molar-refractivity contribution is 5.56. The van der Waals surface area contributed by atoms with Crippen molar-refractivity contribution in [3.8, 4) is 17.2 Å². The Bertz CT molecular complexity index is 987. The van der Waals surface area contributed by atoms with Crippen LogP contribution in [0.5, 0.6) is 17.2 Å². The van der Waals surface area contributed by atoms with Crippen LogP contribution in [-0.2, 0) is 12.6 Å². The molecule has 2 N–H and O–H groups in total. The number of ether oxygens (including phenoxy) is 2. The minimum Gasteiger partial charge on any atom is -0.485 e. The number of fused-ring (bicyclic) bond motifs is 1. The highest BCUT2D eigenvalue weighted by Crippen LogP contribution is 2.39. The summed E-state index contributed by atoms with van der Waals surface area (Å²) in [6.45, 7) is 0. The maximum atomic E-state index is 12.8. The van der Waals surface area contributed by atoms with Crippen LogP contribution in [0, 0.1) is 0 Å². The van der Waals surface area contributed by atoms with Crippen LogP contribution < -0.4 is 15.2 Å². The van der Waals surface area contributed by atoms with Gasteiger partial charge in [0.15, 0.2) is 0 Å². The molecule has 0 radical (unpaired) electrons. The molecule has 4 rings (SSSR count). The smallest absolute Gasteiger partial charge is 0.416 e. The Morgan fingerprint density at radius 2 is 1.75 bits per heavy atom. The number of benzene rings is 3. The molecule has 1 aliphatic heterocycles. The molecule has 28 heavy (non-hydrogen) atoms. The molecule has 6 heteroatoms. The molecule has 1 atom stereocenters. The molecule has 0 fully saturated rings. The van der Waals surface area contributed by atoms with Gasteiger partial charge in [0, 0.05) is 0 Å². The van der Waals surface area contributed by atoms with Gasteiger partial charge in [-0.1, -0.05) is 30.3 Å². The fourth-order valence-electron chi connectivity index (χ4n) is 3.28. The molecule has 0 saturated heterocycles. The predicted octanol–water partition coefficient (Wildman–Crippen LogP) is 6.15. The summed E-state index contributed by atoms with van der Waals surface area (Å²) in [5.41, 5.74) is 7.00. The van der Waals surface area contributed by atoms with Crippen molar-refractivity contribution in [1.29, 1.82) is 0 Å². The highest BCUT2D eigenvalue weighted by atomic mass is 19.4. The van der Waals surface area contributed by atoms with E-state index in [1.54, 1.807) is 6.07 Å². The van der Waals surface area contributed by atoms with Crippen molar-refractivity contribution in [1.82, 2.24) is 0 Å². The van der Waals surface area contributed by atoms with E-state index in [2.05, 4.69) is 0 Å². The molecule has 3 aromatic carbocycles. The van der Waals surface area contributed by atoms with Gasteiger partial charge >= 0.3 is 6.18 Å². The molecule has 3 aromatic rings. The van der Waals surface area contributed by atoms with E-state index < -0.39 is 11.7 Å². The SMILES string of the molecule is Nc1cc(C(F)(F)F)ccc1Oc1ccc2c(c1)CCC(c1ccccc1)O2. The lowest BCUT2D eigenvalue weighted by molar-refractivity contribution is -0.137. The topological polar surface area (TPSA) is 44.5 Å². The van der Waals surface area contributed by atoms with Crippen LogP contribution in [0.1, 0.15) is 29.2 Å². The molecule has 0 saturated carbocycles. The number of hydrogen-bond donors (Lipinski definition) is 1. The summed E-state index contributed by atoms with van der Waals surface area (Å²) in [5, 5.41) is 0. The molecule has 3 nitrogen and oxygen atoms in total. The molecule has 0 aliphatic carbocycles. The quantitative estimate of drug-likeness (QED) is 0.550. The third-order valence-corrected chi connectivity index (χ3v) is 4.71. The summed E-state index contributed by atoms with van der Waals surface area (Å²) in [6, 6.07) is 18.5. The first kappa shape index (κ1) is 18.2. The molecule has 0 amide bonds. The van der Waals surface area contributed by atoms with E-state index >= 15 is 0 Å². The van der Waals surface area contributed by atoms with Gasteiger partial charge in [0.05, 0.1) is 11.3 Å². The average Bonchev–Trinajstić information content (AvgIpc) is 2.69. The van der Waals surface area contributed by atoms with E-state index in [1.165, 1.54) is 6.07 Å². The van der Waals surface area contributed by atoms with Crippen molar-refractivity contribution < 1.29 is 22.6 Å². The van der Waals surface area contributed by atoms with Crippen LogP contribution in [0.25, 0.3) is 0 Å². The van der Waals surface area contributed by atoms with E-state index in [9.17, 15) is 13.2 Å². The Morgan fingerprint density at radius 1 is 0.964 bits per heavy atom. The summed E-state index contributed by atoms with van der Waals surface area (Å²) in [7, 11) is 0. The molecule has 144 valence electrons. The second kappa shape index (κ2) is 7.11. The molecular weight excluding hydrogens is 367 g/mol. The van der Waals surface area contributed by atoms with Crippen LogP contribution >= 0.6 is 0 Å². The van der Waals surface area contributed by atoms with Crippen molar-refractivity contribution in [3.05, 3.63) is 83.4 Å². The fraction of sp³-hybridized carbons (Fsp3) is 0.182. The summed E-state index contributed by atoms with van der Waals surface area (Å²) >= 11 is 0. The predicted molar refractivity (Wildman–Crippen MR) is 101 cm³/mol. The standard InChI is InChI=1S/C22H18F3NO2/c23-22(24,25)16-7-10-21(18(26)13-16)27-17-8-11-20-15(12-17)6-9-19(28-20)14-4-2-1-3-5-14/h1-5,7-8,10-13,19H,6,9,26H2. The number of nitrogen functional groups attached to an aromatic ring is 1. The van der Waals surface area contributed by atoms with Gasteiger partial charge in [0.1, 0.15) is 23.4 Å². The van der Waals surface area contributed by atoms with Gasteiger partial charge in [-0.05, 0) is 60.4 Å². The first-order valence-electron chi connectivity index (χ1n) is 8.89. The van der Waals surface area contributed by atoms with E-state index in [0.717, 1.165) is 41.9 Å². The van der Waals surface area contributed by atoms with E-state index in [-0.39, 0.29) is 17.5 Å². The van der Waals surface area contributed by atoms with Gasteiger partial charge in [-0.15, -0.1) is 0 Å². The van der Waals surface area contributed by atoms with Crippen LogP contribution in [0.3, 0.4) is 0 Å². The summed E-state index contributed by atoms with van der Waals surface area (Å²) in [6.07, 6.45) is -2.78. The summed E-state index contributed by atoms with van der Waals surface area (Å²) < 4.78 is 50.1. The molecule has 1 aliphatic rings. The Labute approximate surface area is 160 Å². The normalized spacial score (nSPS) is 16.2. The van der Waals surface area contributed by atoms with Gasteiger partial charge in [-0.3, -0.25) is 0 Å². The molecule has 1 heterocycles. The first-order valence-corrected chi connectivity index (χ1v) is 8.89. The zero-order valence-corrected chi connectivity index (χ0v) is 14.9. The van der Waals surface area contributed by atoms with Crippen molar-refractivity contribution in [2.45, 2.75) is 25.1 Å². The Morgan fingerprint density at radius 3 is 2.46 bits per heavy atom. The van der Waals surface area contributed by atoms with Gasteiger partial charge in [0.25, 0.3) is 0 Å². The van der Waals surface area contributed by atoms with Crippen molar-refractivity contribution in [3.63, 3.8) is 0 Å². The third-order valence-electron chi connectivity index (χ3n) is 4.71. The Hall–Kier alpha value is -3.15. The van der Waals surface area contributed by atoms with Crippen LogP contribution in [0.2, 0.25) is 0 Å². The van der Waals surface area contributed by atoms with Gasteiger partial charge < -0.3 is 15.2 Å². The van der Waals surface area contributed by atoms with E-state index in [4.69, 9.17) is 15.2 Å². The Kier molecular flexibility index (Phi) is 4.63. The van der Waals surface area contributed by atoms with Crippen LogP contribution in [-0.4, -0.2) is 0 Å². The maximum absolute atomic E-state index is 12.8. The lowest BCUT2D eigenvalue weighted by Gasteiger charge is -2.26. The molecule has 0 bridgehead atoms. The molecule has 0 aromatic heterocycles. The number of nitrogens with two attached hydrogens (primary N) is 1. The summed E-state index contributed by atoms with van der Waals surface area (Å²) in [4.78, 5) is 0. The molecular formula is C22H18F3NO2. The van der Waals surface area contributed by atoms with Crippen molar-refractivity contribution in [2.24, 2.45) is 0 Å². The van der Waals surface area contributed by atoms with E-state index in [1.807, 2.05) is 42.5 Å². The zero-order chi connectivity index (χ0) is 19.7. The highest BCUT2D eigenvalue weighted by Gasteiger charge is 2.31. The zero-order valence-electron chi connectivity index (χ0n) is 14.9. The van der Waals surface area contributed by atoms with Crippen LogP contribution in [0.15, 0.2) is 66.7 Å². The van der Waals surface area contributed by atoms with Gasteiger partial charge in [0.2, 0.25) is 0 Å². The lowest BCUT2D eigenvalue weighted by Crippen LogP contribution is -2.15. The number of hydrogen-bond acceptors (Lipinski definition) is 3. The fourth-order valence-corrected chi connectivity index (χ4v) is 3.28. The number of halogens is 3. The number of rotatable bonds is 3. The molecule has 1 unspecified atom stereocenters. The second-order valence-electron chi connectivity index (χ2n) is 6.68. The van der Waals surface area contributed by atoms with Crippen molar-refractivity contribution in [2.75, 3.05) is 5.73 Å². The van der Waals surface area contributed by atoms with Crippen LogP contribution in [0.4, 0.5) is 18.9 Å². The van der Waals surface area contributed by atoms with Gasteiger partial charge in [-0.2, -0.15) is 13.2 Å². The Balaban J connectivity index is 1.51. The largest absolute Gasteiger partial charge is 0.485 e.